The Hall–Kier alpha value is -1.47. The van der Waals surface area contributed by atoms with Crippen molar-refractivity contribution in [3.8, 4) is 0 Å². The summed E-state index contributed by atoms with van der Waals surface area (Å²) in [7, 11) is 0. The fourth-order valence-corrected chi connectivity index (χ4v) is 2.64. The zero-order chi connectivity index (χ0) is 12.8. The van der Waals surface area contributed by atoms with Crippen molar-refractivity contribution in [2.24, 2.45) is 0 Å². The van der Waals surface area contributed by atoms with Crippen LogP contribution >= 0.6 is 23.1 Å². The predicted molar refractivity (Wildman–Crippen MR) is 73.7 cm³/mol. The molecule has 0 atom stereocenters. The highest BCUT2D eigenvalue weighted by atomic mass is 32.2. The van der Waals surface area contributed by atoms with Gasteiger partial charge in [-0.05, 0) is 24.6 Å². The van der Waals surface area contributed by atoms with Gasteiger partial charge in [0.2, 0.25) is 11.0 Å². The van der Waals surface area contributed by atoms with E-state index in [0.29, 0.717) is 10.9 Å². The van der Waals surface area contributed by atoms with Crippen LogP contribution in [0.1, 0.15) is 10.6 Å². The molecule has 0 fully saturated rings. The summed E-state index contributed by atoms with van der Waals surface area (Å²) in [4.78, 5) is 15.6. The second kappa shape index (κ2) is 6.46. The van der Waals surface area contributed by atoms with E-state index >= 15 is 0 Å². The van der Waals surface area contributed by atoms with Crippen LogP contribution in [0.15, 0.2) is 24.5 Å². The van der Waals surface area contributed by atoms with Crippen molar-refractivity contribution in [2.75, 3.05) is 11.1 Å². The average molecular weight is 280 g/mol. The first-order valence-electron chi connectivity index (χ1n) is 5.30. The molecule has 18 heavy (non-hydrogen) atoms. The van der Waals surface area contributed by atoms with Gasteiger partial charge >= 0.3 is 0 Å². The number of amides is 1. The topological polar surface area (TPSA) is 67.8 Å². The van der Waals surface area contributed by atoms with Crippen LogP contribution in [0, 0.1) is 6.92 Å². The maximum Gasteiger partial charge on any atom is 0.236 e. The Balaban J connectivity index is 1.72. The van der Waals surface area contributed by atoms with Crippen LogP contribution in [-0.4, -0.2) is 26.8 Å². The number of hydrogen-bond acceptors (Lipinski definition) is 6. The Bertz CT molecular complexity index is 515. The van der Waals surface area contributed by atoms with Crippen LogP contribution < -0.4 is 5.32 Å². The first-order valence-corrected chi connectivity index (χ1v) is 7.28. The first-order chi connectivity index (χ1) is 8.74. The van der Waals surface area contributed by atoms with E-state index in [9.17, 15) is 4.79 Å². The molecular weight excluding hydrogens is 268 g/mol. The molecular formula is C11H12N4OS2. The number of aryl methyl sites for hydroxylation is 1. The van der Waals surface area contributed by atoms with Crippen molar-refractivity contribution in [3.05, 3.63) is 35.1 Å². The molecule has 0 saturated heterocycles. The highest BCUT2D eigenvalue weighted by molar-refractivity contribution is 7.99. The molecule has 7 heteroatoms. The van der Waals surface area contributed by atoms with Crippen molar-refractivity contribution in [2.45, 2.75) is 12.7 Å². The van der Waals surface area contributed by atoms with Gasteiger partial charge in [0, 0.05) is 18.1 Å². The van der Waals surface area contributed by atoms with Crippen molar-refractivity contribution in [3.63, 3.8) is 0 Å². The number of aromatic nitrogens is 3. The lowest BCUT2D eigenvalue weighted by atomic mass is 10.3. The predicted octanol–water partition coefficient (Wildman–Crippen LogP) is 2.11. The van der Waals surface area contributed by atoms with Crippen LogP contribution in [0.4, 0.5) is 5.13 Å². The van der Waals surface area contributed by atoms with Crippen LogP contribution in [0.5, 0.6) is 0 Å². The summed E-state index contributed by atoms with van der Waals surface area (Å²) in [6, 6.07) is 3.89. The summed E-state index contributed by atoms with van der Waals surface area (Å²) in [6.07, 6.45) is 3.50. The van der Waals surface area contributed by atoms with Crippen LogP contribution in [0.3, 0.4) is 0 Å². The van der Waals surface area contributed by atoms with Crippen LogP contribution in [0.25, 0.3) is 0 Å². The van der Waals surface area contributed by atoms with E-state index in [1.54, 1.807) is 24.2 Å². The highest BCUT2D eigenvalue weighted by Gasteiger charge is 2.06. The number of hydrogen-bond donors (Lipinski definition) is 1. The Morgan fingerprint density at radius 2 is 2.17 bits per heavy atom. The average Bonchev–Trinajstić information content (AvgIpc) is 2.76. The molecule has 0 saturated carbocycles. The third kappa shape index (κ3) is 4.08. The number of rotatable bonds is 5. The summed E-state index contributed by atoms with van der Waals surface area (Å²) in [5, 5.41) is 11.8. The van der Waals surface area contributed by atoms with E-state index in [1.165, 1.54) is 11.3 Å². The minimum absolute atomic E-state index is 0.0507. The quantitative estimate of drug-likeness (QED) is 0.908. The van der Waals surface area contributed by atoms with E-state index in [0.717, 1.165) is 16.3 Å². The van der Waals surface area contributed by atoms with E-state index in [1.807, 2.05) is 19.1 Å². The molecule has 0 aromatic carbocycles. The van der Waals surface area contributed by atoms with Gasteiger partial charge in [-0.3, -0.25) is 15.1 Å². The second-order valence-corrected chi connectivity index (χ2v) is 5.69. The van der Waals surface area contributed by atoms with Crippen LogP contribution in [0.2, 0.25) is 0 Å². The maximum absolute atomic E-state index is 11.6. The van der Waals surface area contributed by atoms with Gasteiger partial charge in [0.1, 0.15) is 5.01 Å². The largest absolute Gasteiger partial charge is 0.300 e. The van der Waals surface area contributed by atoms with Gasteiger partial charge < -0.3 is 0 Å². The monoisotopic (exact) mass is 280 g/mol. The maximum atomic E-state index is 11.6. The Labute approximate surface area is 113 Å². The smallest absolute Gasteiger partial charge is 0.236 e. The Kier molecular flexibility index (Phi) is 4.66. The third-order valence-electron chi connectivity index (χ3n) is 2.02. The minimum atomic E-state index is -0.0507. The molecule has 2 aromatic rings. The normalized spacial score (nSPS) is 10.3. The standard InChI is InChI=1S/C11H12N4OS2/c1-8-14-15-11(18-8)13-10(16)7-17-6-9-2-4-12-5-3-9/h2-5H,6-7H2,1H3,(H,13,15,16). The molecule has 2 aromatic heterocycles. The SMILES string of the molecule is Cc1nnc(NC(=O)CSCc2ccncc2)s1. The molecule has 0 bridgehead atoms. The van der Waals surface area contributed by atoms with Gasteiger partial charge in [-0.15, -0.1) is 22.0 Å². The second-order valence-electron chi connectivity index (χ2n) is 3.52. The van der Waals surface area contributed by atoms with Gasteiger partial charge in [0.25, 0.3) is 0 Å². The number of nitrogens with one attached hydrogen (secondary N) is 1. The molecule has 94 valence electrons. The van der Waals surface area contributed by atoms with Crippen LogP contribution in [-0.2, 0) is 10.5 Å². The fourth-order valence-electron chi connectivity index (χ4n) is 1.24. The van der Waals surface area contributed by atoms with Crippen molar-refractivity contribution in [1.82, 2.24) is 15.2 Å². The zero-order valence-electron chi connectivity index (χ0n) is 9.79. The lowest BCUT2D eigenvalue weighted by Gasteiger charge is -2.01. The van der Waals surface area contributed by atoms with E-state index in [2.05, 4.69) is 20.5 Å². The Morgan fingerprint density at radius 1 is 1.39 bits per heavy atom. The van der Waals surface area contributed by atoms with Gasteiger partial charge in [-0.25, -0.2) is 0 Å². The number of thioether (sulfide) groups is 1. The molecule has 0 radical (unpaired) electrons. The van der Waals surface area contributed by atoms with Gasteiger partial charge in [0.15, 0.2) is 0 Å². The lowest BCUT2D eigenvalue weighted by Crippen LogP contribution is -2.13. The van der Waals surface area contributed by atoms with E-state index in [4.69, 9.17) is 0 Å². The highest BCUT2D eigenvalue weighted by Crippen LogP contribution is 2.15. The molecule has 0 aliphatic carbocycles. The summed E-state index contributed by atoms with van der Waals surface area (Å²) < 4.78 is 0. The summed E-state index contributed by atoms with van der Waals surface area (Å²) in [6.45, 7) is 1.85. The number of carbonyl (C=O) groups is 1. The Morgan fingerprint density at radius 3 is 2.83 bits per heavy atom. The molecule has 0 aliphatic rings. The zero-order valence-corrected chi connectivity index (χ0v) is 11.4. The summed E-state index contributed by atoms with van der Waals surface area (Å²) >= 11 is 2.93. The van der Waals surface area contributed by atoms with Crippen molar-refractivity contribution >= 4 is 34.1 Å². The molecule has 2 heterocycles. The van der Waals surface area contributed by atoms with Crippen molar-refractivity contribution in [1.29, 1.82) is 0 Å². The number of pyridine rings is 1. The van der Waals surface area contributed by atoms with Gasteiger partial charge in [0.05, 0.1) is 5.75 Å². The number of nitrogens with zero attached hydrogens (tertiary/aromatic N) is 3. The molecule has 1 N–H and O–H groups in total. The van der Waals surface area contributed by atoms with E-state index < -0.39 is 0 Å². The summed E-state index contributed by atoms with van der Waals surface area (Å²) in [5.74, 6) is 1.15. The molecule has 5 nitrogen and oxygen atoms in total. The summed E-state index contributed by atoms with van der Waals surface area (Å²) in [5.41, 5.74) is 1.16. The van der Waals surface area contributed by atoms with Gasteiger partial charge in [-0.2, -0.15) is 0 Å². The third-order valence-corrected chi connectivity index (χ3v) is 3.78. The first kappa shape index (κ1) is 13.0. The van der Waals surface area contributed by atoms with Gasteiger partial charge in [-0.1, -0.05) is 11.3 Å². The lowest BCUT2D eigenvalue weighted by molar-refractivity contribution is -0.113. The van der Waals surface area contributed by atoms with Crippen molar-refractivity contribution < 1.29 is 4.79 Å². The van der Waals surface area contributed by atoms with E-state index in [-0.39, 0.29) is 5.91 Å². The fraction of sp³-hybridized carbons (Fsp3) is 0.273. The molecule has 0 spiro atoms. The number of carbonyl (C=O) groups excluding carboxylic acids is 1. The molecule has 1 amide bonds. The molecule has 2 rings (SSSR count). The molecule has 0 aliphatic heterocycles. The number of anilines is 1. The minimum Gasteiger partial charge on any atom is -0.300 e. The molecule has 0 unspecified atom stereocenters.